The van der Waals surface area contributed by atoms with Crippen molar-refractivity contribution in [2.24, 2.45) is 0 Å². The van der Waals surface area contributed by atoms with Gasteiger partial charge >= 0.3 is 0 Å². The molecule has 6 heteroatoms. The highest BCUT2D eigenvalue weighted by Crippen LogP contribution is 2.30. The molecule has 0 heterocycles. The molecule has 0 saturated carbocycles. The fraction of sp³-hybridized carbons (Fsp3) is 0.538. The van der Waals surface area contributed by atoms with E-state index in [4.69, 9.17) is 0 Å². The highest BCUT2D eigenvalue weighted by Gasteiger charge is 2.34. The maximum Gasteiger partial charge on any atom is 0.150 e. The SMILES string of the molecule is CCS(=O)(=O)CCC(CO)(CO)c1ccccc1F. The Balaban J connectivity index is 3.08. The minimum Gasteiger partial charge on any atom is -0.395 e. The lowest BCUT2D eigenvalue weighted by atomic mass is 9.79. The maximum atomic E-state index is 13.8. The third-order valence-electron chi connectivity index (χ3n) is 3.38. The van der Waals surface area contributed by atoms with Crippen LogP contribution in [-0.4, -0.2) is 43.4 Å². The van der Waals surface area contributed by atoms with E-state index < -0.39 is 34.3 Å². The summed E-state index contributed by atoms with van der Waals surface area (Å²) in [6.45, 7) is 0.505. The maximum absolute atomic E-state index is 13.8. The molecule has 19 heavy (non-hydrogen) atoms. The van der Waals surface area contributed by atoms with Gasteiger partial charge in [0.05, 0.1) is 19.0 Å². The van der Waals surface area contributed by atoms with Crippen molar-refractivity contribution in [3.8, 4) is 0 Å². The van der Waals surface area contributed by atoms with Gasteiger partial charge in [-0.2, -0.15) is 0 Å². The third kappa shape index (κ3) is 3.75. The van der Waals surface area contributed by atoms with Crippen LogP contribution in [0.3, 0.4) is 0 Å². The topological polar surface area (TPSA) is 74.6 Å². The van der Waals surface area contributed by atoms with E-state index in [-0.39, 0.29) is 23.5 Å². The van der Waals surface area contributed by atoms with Gasteiger partial charge < -0.3 is 10.2 Å². The van der Waals surface area contributed by atoms with E-state index >= 15 is 0 Å². The number of rotatable bonds is 7. The van der Waals surface area contributed by atoms with E-state index in [9.17, 15) is 23.0 Å². The molecule has 2 N–H and O–H groups in total. The standard InChI is InChI=1S/C13H19FO4S/c1-2-19(17,18)8-7-13(9-15,10-16)11-5-3-4-6-12(11)14/h3-6,15-16H,2,7-10H2,1H3. The molecule has 0 unspecified atom stereocenters. The van der Waals surface area contributed by atoms with Crippen molar-refractivity contribution in [3.63, 3.8) is 0 Å². The van der Waals surface area contributed by atoms with Crippen LogP contribution in [0, 0.1) is 5.82 Å². The smallest absolute Gasteiger partial charge is 0.150 e. The van der Waals surface area contributed by atoms with E-state index in [0.717, 1.165) is 0 Å². The molecule has 0 aliphatic heterocycles. The van der Waals surface area contributed by atoms with Crippen molar-refractivity contribution in [2.75, 3.05) is 24.7 Å². The minimum atomic E-state index is -3.24. The minimum absolute atomic E-state index is 0.0167. The van der Waals surface area contributed by atoms with Crippen LogP contribution in [-0.2, 0) is 15.3 Å². The van der Waals surface area contributed by atoms with Crippen molar-refractivity contribution in [1.29, 1.82) is 0 Å². The first-order valence-electron chi connectivity index (χ1n) is 6.08. The van der Waals surface area contributed by atoms with E-state index in [1.54, 1.807) is 6.07 Å². The molecule has 0 spiro atoms. The van der Waals surface area contributed by atoms with Crippen molar-refractivity contribution in [2.45, 2.75) is 18.8 Å². The lowest BCUT2D eigenvalue weighted by Crippen LogP contribution is -2.38. The van der Waals surface area contributed by atoms with Crippen LogP contribution in [0.1, 0.15) is 18.9 Å². The molecular formula is C13H19FO4S. The zero-order valence-corrected chi connectivity index (χ0v) is 11.7. The Hall–Kier alpha value is -0.980. The highest BCUT2D eigenvalue weighted by atomic mass is 32.2. The van der Waals surface area contributed by atoms with Gasteiger partial charge in [-0.05, 0) is 18.1 Å². The Morgan fingerprint density at radius 3 is 2.26 bits per heavy atom. The number of aliphatic hydroxyl groups is 2. The fourth-order valence-corrected chi connectivity index (χ4v) is 2.89. The van der Waals surface area contributed by atoms with Crippen LogP contribution in [0.25, 0.3) is 0 Å². The molecular weight excluding hydrogens is 271 g/mol. The van der Waals surface area contributed by atoms with Gasteiger partial charge in [0.15, 0.2) is 0 Å². The zero-order valence-electron chi connectivity index (χ0n) is 10.8. The summed E-state index contributed by atoms with van der Waals surface area (Å²) >= 11 is 0. The van der Waals surface area contributed by atoms with Gasteiger partial charge in [-0.15, -0.1) is 0 Å². The normalized spacial score (nSPS) is 12.6. The van der Waals surface area contributed by atoms with Gasteiger partial charge in [-0.25, -0.2) is 12.8 Å². The Kier molecular flexibility index (Phi) is 5.46. The fourth-order valence-electron chi connectivity index (χ4n) is 1.90. The van der Waals surface area contributed by atoms with Gasteiger partial charge in [0.2, 0.25) is 0 Å². The summed E-state index contributed by atoms with van der Waals surface area (Å²) < 4.78 is 36.9. The molecule has 0 aliphatic rings. The van der Waals surface area contributed by atoms with Crippen molar-refractivity contribution < 1.29 is 23.0 Å². The number of hydrogen-bond donors (Lipinski definition) is 2. The lowest BCUT2D eigenvalue weighted by molar-refractivity contribution is 0.111. The highest BCUT2D eigenvalue weighted by molar-refractivity contribution is 7.91. The molecule has 0 fully saturated rings. The Bertz CT molecular complexity index is 509. The average molecular weight is 290 g/mol. The zero-order chi connectivity index (χ0) is 14.5. The summed E-state index contributed by atoms with van der Waals surface area (Å²) in [4.78, 5) is 0. The van der Waals surface area contributed by atoms with Gasteiger partial charge in [0.1, 0.15) is 15.7 Å². The summed E-state index contributed by atoms with van der Waals surface area (Å²) in [7, 11) is -3.24. The number of benzene rings is 1. The number of hydrogen-bond acceptors (Lipinski definition) is 4. The predicted molar refractivity (Wildman–Crippen MR) is 71.2 cm³/mol. The molecule has 108 valence electrons. The second-order valence-corrected chi connectivity index (χ2v) is 7.04. The molecule has 0 saturated heterocycles. The molecule has 0 amide bonds. The summed E-state index contributed by atoms with van der Waals surface area (Å²) in [6.07, 6.45) is -0.0168. The second kappa shape index (κ2) is 6.45. The van der Waals surface area contributed by atoms with Gasteiger partial charge in [0.25, 0.3) is 0 Å². The predicted octanol–water partition coefficient (Wildman–Crippen LogP) is 0.873. The molecule has 4 nitrogen and oxygen atoms in total. The number of sulfone groups is 1. The monoisotopic (exact) mass is 290 g/mol. The quantitative estimate of drug-likeness (QED) is 0.781. The van der Waals surface area contributed by atoms with Crippen LogP contribution >= 0.6 is 0 Å². The van der Waals surface area contributed by atoms with E-state index in [1.807, 2.05) is 0 Å². The Labute approximate surface area is 112 Å². The van der Waals surface area contributed by atoms with E-state index in [0.29, 0.717) is 0 Å². The first-order chi connectivity index (χ1) is 8.90. The Morgan fingerprint density at radius 2 is 1.79 bits per heavy atom. The number of halogens is 1. The lowest BCUT2D eigenvalue weighted by Gasteiger charge is -2.30. The van der Waals surface area contributed by atoms with Crippen LogP contribution in [0.2, 0.25) is 0 Å². The van der Waals surface area contributed by atoms with Crippen LogP contribution in [0.5, 0.6) is 0 Å². The molecule has 1 rings (SSSR count). The third-order valence-corrected chi connectivity index (χ3v) is 5.09. The van der Waals surface area contributed by atoms with Crippen LogP contribution in [0.15, 0.2) is 24.3 Å². The van der Waals surface area contributed by atoms with E-state index in [1.165, 1.54) is 25.1 Å². The molecule has 0 bridgehead atoms. The molecule has 0 atom stereocenters. The molecule has 0 radical (unpaired) electrons. The first-order valence-corrected chi connectivity index (χ1v) is 7.90. The Morgan fingerprint density at radius 1 is 1.21 bits per heavy atom. The summed E-state index contributed by atoms with van der Waals surface area (Å²) in [5, 5.41) is 19.0. The van der Waals surface area contributed by atoms with Crippen molar-refractivity contribution >= 4 is 9.84 Å². The van der Waals surface area contributed by atoms with Crippen molar-refractivity contribution in [1.82, 2.24) is 0 Å². The van der Waals surface area contributed by atoms with Gasteiger partial charge in [-0.1, -0.05) is 25.1 Å². The van der Waals surface area contributed by atoms with Crippen molar-refractivity contribution in [3.05, 3.63) is 35.6 Å². The van der Waals surface area contributed by atoms with Crippen LogP contribution in [0.4, 0.5) is 4.39 Å². The van der Waals surface area contributed by atoms with Gasteiger partial charge in [-0.3, -0.25) is 0 Å². The molecule has 1 aromatic carbocycles. The summed E-state index contributed by atoms with van der Waals surface area (Å²) in [6, 6.07) is 5.78. The molecule has 0 aliphatic carbocycles. The molecule has 0 aromatic heterocycles. The molecule has 1 aromatic rings. The van der Waals surface area contributed by atoms with Crippen LogP contribution < -0.4 is 0 Å². The first kappa shape index (κ1) is 16.1. The number of aliphatic hydroxyl groups excluding tert-OH is 2. The summed E-state index contributed by atoms with van der Waals surface area (Å²) in [5.41, 5.74) is -1.13. The average Bonchev–Trinajstić information content (AvgIpc) is 2.42. The largest absolute Gasteiger partial charge is 0.395 e. The second-order valence-electron chi connectivity index (χ2n) is 4.56. The summed E-state index contributed by atoms with van der Waals surface area (Å²) in [5.74, 6) is -0.768. The van der Waals surface area contributed by atoms with E-state index in [2.05, 4.69) is 0 Å². The van der Waals surface area contributed by atoms with Gasteiger partial charge in [0, 0.05) is 11.2 Å².